The zero-order chi connectivity index (χ0) is 12.6. The van der Waals surface area contributed by atoms with Crippen LogP contribution < -0.4 is 0 Å². The first-order valence-corrected chi connectivity index (χ1v) is 7.63. The Hall–Kier alpha value is -0.580. The first-order chi connectivity index (χ1) is 7.88. The highest BCUT2D eigenvalue weighted by atomic mass is 35.5. The third kappa shape index (κ3) is 3.21. The normalized spacial score (nSPS) is 16.5. The fourth-order valence-corrected chi connectivity index (χ4v) is 2.32. The molecule has 0 heterocycles. The van der Waals surface area contributed by atoms with Crippen molar-refractivity contribution in [3.8, 4) is 0 Å². The molecule has 1 fully saturated rings. The molecule has 0 aliphatic heterocycles. The van der Waals surface area contributed by atoms with Crippen LogP contribution in [-0.2, 0) is 16.6 Å². The summed E-state index contributed by atoms with van der Waals surface area (Å²) >= 11 is 5.96. The lowest BCUT2D eigenvalue weighted by molar-refractivity contribution is 0.471. The molecule has 3 nitrogen and oxygen atoms in total. The van der Waals surface area contributed by atoms with Gasteiger partial charge in [0, 0.05) is 18.6 Å². The van der Waals surface area contributed by atoms with Gasteiger partial charge in [0.1, 0.15) is 0 Å². The third-order valence-electron chi connectivity index (χ3n) is 2.94. The SMILES string of the molecule is CN(Cc1cc(Cl)ccc1C1[CH]C1)S(C)(=O)=O. The topological polar surface area (TPSA) is 37.4 Å². The molecule has 0 saturated heterocycles. The highest BCUT2D eigenvalue weighted by Gasteiger charge is 2.27. The quantitative estimate of drug-likeness (QED) is 0.844. The van der Waals surface area contributed by atoms with Crippen LogP contribution in [0.4, 0.5) is 0 Å². The summed E-state index contributed by atoms with van der Waals surface area (Å²) in [6.45, 7) is 0.374. The Bertz CT molecular complexity index is 523. The van der Waals surface area contributed by atoms with Gasteiger partial charge in [-0.05, 0) is 42.0 Å². The smallest absolute Gasteiger partial charge is 0.211 e. The second-order valence-electron chi connectivity index (χ2n) is 4.44. The van der Waals surface area contributed by atoms with Crippen LogP contribution in [0.1, 0.15) is 23.5 Å². The molecule has 1 aliphatic rings. The molecule has 2 rings (SSSR count). The molecule has 0 N–H and O–H groups in total. The van der Waals surface area contributed by atoms with E-state index < -0.39 is 10.0 Å². The molecular formula is C12H15ClNO2S. The largest absolute Gasteiger partial charge is 0.213 e. The lowest BCUT2D eigenvalue weighted by atomic mass is 10.0. The number of hydrogen-bond donors (Lipinski definition) is 0. The predicted octanol–water partition coefficient (Wildman–Crippen LogP) is 2.42. The van der Waals surface area contributed by atoms with Gasteiger partial charge in [0.15, 0.2) is 0 Å². The standard InChI is InChI=1S/C12H15ClNO2S/c1-14(17(2,15)16)8-10-7-11(13)5-6-12(10)9-3-4-9/h3,5-7,9H,4,8H2,1-2H3. The van der Waals surface area contributed by atoms with Crippen LogP contribution in [0.3, 0.4) is 0 Å². The van der Waals surface area contributed by atoms with Crippen LogP contribution in [0.25, 0.3) is 0 Å². The molecule has 1 radical (unpaired) electrons. The molecule has 1 aliphatic carbocycles. The predicted molar refractivity (Wildman–Crippen MR) is 69.4 cm³/mol. The Morgan fingerprint density at radius 3 is 2.65 bits per heavy atom. The van der Waals surface area contributed by atoms with Gasteiger partial charge in [0.2, 0.25) is 10.0 Å². The minimum absolute atomic E-state index is 0.374. The summed E-state index contributed by atoms with van der Waals surface area (Å²) in [5, 5.41) is 0.645. The van der Waals surface area contributed by atoms with Crippen molar-refractivity contribution < 1.29 is 8.42 Å². The van der Waals surface area contributed by atoms with Crippen LogP contribution in [-0.4, -0.2) is 26.0 Å². The van der Waals surface area contributed by atoms with E-state index >= 15 is 0 Å². The van der Waals surface area contributed by atoms with E-state index in [0.29, 0.717) is 17.5 Å². The first kappa shape index (κ1) is 12.9. The van der Waals surface area contributed by atoms with E-state index in [1.54, 1.807) is 7.05 Å². The number of benzene rings is 1. The highest BCUT2D eigenvalue weighted by Crippen LogP contribution is 2.41. The maximum absolute atomic E-state index is 11.4. The summed E-state index contributed by atoms with van der Waals surface area (Å²) in [6.07, 6.45) is 4.48. The van der Waals surface area contributed by atoms with Crippen molar-refractivity contribution in [1.82, 2.24) is 4.31 Å². The molecule has 1 atom stereocenters. The lowest BCUT2D eigenvalue weighted by Gasteiger charge is -2.17. The van der Waals surface area contributed by atoms with Crippen LogP contribution in [0, 0.1) is 6.42 Å². The van der Waals surface area contributed by atoms with Gasteiger partial charge >= 0.3 is 0 Å². The van der Waals surface area contributed by atoms with Crippen molar-refractivity contribution in [3.05, 3.63) is 40.8 Å². The molecule has 1 unspecified atom stereocenters. The second kappa shape index (κ2) is 4.59. The van der Waals surface area contributed by atoms with Gasteiger partial charge in [0.25, 0.3) is 0 Å². The highest BCUT2D eigenvalue weighted by molar-refractivity contribution is 7.88. The molecule has 1 saturated carbocycles. The van der Waals surface area contributed by atoms with Crippen molar-refractivity contribution in [2.75, 3.05) is 13.3 Å². The Morgan fingerprint density at radius 1 is 1.47 bits per heavy atom. The first-order valence-electron chi connectivity index (χ1n) is 5.41. The van der Waals surface area contributed by atoms with Gasteiger partial charge in [-0.1, -0.05) is 17.7 Å². The van der Waals surface area contributed by atoms with Gasteiger partial charge in [-0.15, -0.1) is 0 Å². The van der Waals surface area contributed by atoms with Gasteiger partial charge < -0.3 is 0 Å². The van der Waals surface area contributed by atoms with E-state index in [0.717, 1.165) is 12.0 Å². The van der Waals surface area contributed by atoms with Crippen molar-refractivity contribution in [2.45, 2.75) is 18.9 Å². The fraction of sp³-hybridized carbons (Fsp3) is 0.417. The number of sulfonamides is 1. The lowest BCUT2D eigenvalue weighted by Crippen LogP contribution is -2.25. The van der Waals surface area contributed by atoms with Crippen LogP contribution in [0.5, 0.6) is 0 Å². The van der Waals surface area contributed by atoms with Crippen LogP contribution in [0.15, 0.2) is 18.2 Å². The van der Waals surface area contributed by atoms with E-state index in [-0.39, 0.29) is 0 Å². The van der Waals surface area contributed by atoms with E-state index in [1.165, 1.54) is 16.1 Å². The average molecular weight is 273 g/mol. The summed E-state index contributed by atoms with van der Waals surface area (Å²) in [5.41, 5.74) is 2.18. The maximum Gasteiger partial charge on any atom is 0.211 e. The summed E-state index contributed by atoms with van der Waals surface area (Å²) in [7, 11) is -1.58. The number of nitrogens with zero attached hydrogens (tertiary/aromatic N) is 1. The summed E-state index contributed by atoms with van der Waals surface area (Å²) in [5.74, 6) is 0.468. The molecule has 93 valence electrons. The number of hydrogen-bond acceptors (Lipinski definition) is 2. The molecule has 5 heteroatoms. The molecule has 0 spiro atoms. The van der Waals surface area contributed by atoms with Crippen molar-refractivity contribution in [1.29, 1.82) is 0 Å². The molecule has 17 heavy (non-hydrogen) atoms. The van der Waals surface area contributed by atoms with Crippen LogP contribution >= 0.6 is 11.6 Å². The van der Waals surface area contributed by atoms with Crippen LogP contribution in [0.2, 0.25) is 5.02 Å². The summed E-state index contributed by atoms with van der Waals surface area (Å²) in [4.78, 5) is 0. The molecule has 0 aromatic heterocycles. The molecule has 0 bridgehead atoms. The van der Waals surface area contributed by atoms with Gasteiger partial charge in [-0.3, -0.25) is 0 Å². The summed E-state index contributed by atoms with van der Waals surface area (Å²) < 4.78 is 24.1. The molecule has 1 aromatic carbocycles. The van der Waals surface area contributed by atoms with Crippen molar-refractivity contribution in [2.24, 2.45) is 0 Å². The summed E-state index contributed by atoms with van der Waals surface area (Å²) in [6, 6.07) is 5.69. The minimum Gasteiger partial charge on any atom is -0.213 e. The van der Waals surface area contributed by atoms with Crippen molar-refractivity contribution >= 4 is 21.6 Å². The Labute approximate surface area is 107 Å². The van der Waals surface area contributed by atoms with Gasteiger partial charge in [0.05, 0.1) is 6.26 Å². The van der Waals surface area contributed by atoms with Gasteiger partial charge in [-0.2, -0.15) is 0 Å². The Morgan fingerprint density at radius 2 is 2.12 bits per heavy atom. The monoisotopic (exact) mass is 272 g/mol. The minimum atomic E-state index is -3.16. The Balaban J connectivity index is 2.27. The third-order valence-corrected chi connectivity index (χ3v) is 4.43. The van der Waals surface area contributed by atoms with E-state index in [9.17, 15) is 8.42 Å². The number of halogens is 1. The van der Waals surface area contributed by atoms with Crippen molar-refractivity contribution in [3.63, 3.8) is 0 Å². The zero-order valence-electron chi connectivity index (χ0n) is 9.85. The number of rotatable bonds is 4. The van der Waals surface area contributed by atoms with E-state index in [4.69, 9.17) is 11.6 Å². The van der Waals surface area contributed by atoms with E-state index in [1.807, 2.05) is 18.2 Å². The van der Waals surface area contributed by atoms with E-state index in [2.05, 4.69) is 6.42 Å². The second-order valence-corrected chi connectivity index (χ2v) is 6.97. The maximum atomic E-state index is 11.4. The average Bonchev–Trinajstić information content (AvgIpc) is 3.00. The van der Waals surface area contributed by atoms with Gasteiger partial charge in [-0.25, -0.2) is 12.7 Å². The zero-order valence-corrected chi connectivity index (χ0v) is 11.4. The fourth-order valence-electron chi connectivity index (χ4n) is 1.75. The Kier molecular flexibility index (Phi) is 3.48. The molecular weight excluding hydrogens is 258 g/mol. The molecule has 0 amide bonds. The molecule has 1 aromatic rings.